The molecule has 32 heavy (non-hydrogen) atoms. The molecule has 0 bridgehead atoms. The number of ether oxygens (including phenoxy) is 1. The van der Waals surface area contributed by atoms with Crippen molar-refractivity contribution in [3.63, 3.8) is 0 Å². The molecule has 2 N–H and O–H groups in total. The molecule has 0 aliphatic heterocycles. The van der Waals surface area contributed by atoms with Gasteiger partial charge in [0.2, 0.25) is 5.78 Å². The van der Waals surface area contributed by atoms with Crippen LogP contribution in [0.1, 0.15) is 66.7 Å². The lowest BCUT2D eigenvalue weighted by atomic mass is 9.42. The van der Waals surface area contributed by atoms with Gasteiger partial charge in [-0.3, -0.25) is 14.4 Å². The van der Waals surface area contributed by atoms with Crippen LogP contribution < -0.4 is 0 Å². The predicted octanol–water partition coefficient (Wildman–Crippen LogP) is 2.94. The number of Topliss-reactive ketones (excluding diaryl/α,β-unsaturated/α-hetero) is 1. The number of carbonyl (C=O) groups is 3. The molecule has 3 saturated carbocycles. The number of hydrogen-bond donors (Lipinski definition) is 2. The summed E-state index contributed by atoms with van der Waals surface area (Å²) in [7, 11) is 0. The number of aliphatic hydroxyl groups is 2. The van der Waals surface area contributed by atoms with E-state index in [-0.39, 0.29) is 30.5 Å². The molecule has 7 heteroatoms. The number of ketones is 2. The number of esters is 1. The second-order valence-electron chi connectivity index (χ2n) is 11.3. The number of aliphatic hydroxyl groups excluding tert-OH is 1. The Balaban J connectivity index is 1.78. The van der Waals surface area contributed by atoms with Crippen molar-refractivity contribution in [1.29, 1.82) is 0 Å². The predicted molar refractivity (Wildman–Crippen MR) is 114 cm³/mol. The Bertz CT molecular complexity index is 899. The molecule has 0 aromatic carbocycles. The van der Waals surface area contributed by atoms with Gasteiger partial charge in [-0.2, -0.15) is 0 Å². The van der Waals surface area contributed by atoms with E-state index in [1.807, 2.05) is 13.8 Å². The fourth-order valence-electron chi connectivity index (χ4n) is 8.17. The molecule has 0 unspecified atom stereocenters. The minimum Gasteiger partial charge on any atom is -0.458 e. The van der Waals surface area contributed by atoms with Crippen LogP contribution in [0.15, 0.2) is 11.6 Å². The van der Waals surface area contributed by atoms with E-state index in [1.54, 1.807) is 19.9 Å². The van der Waals surface area contributed by atoms with Crippen LogP contribution in [-0.2, 0) is 19.1 Å². The number of alkyl halides is 1. The van der Waals surface area contributed by atoms with Crippen molar-refractivity contribution in [2.45, 2.75) is 84.1 Å². The highest BCUT2D eigenvalue weighted by atomic mass is 19.1. The van der Waals surface area contributed by atoms with Gasteiger partial charge in [0.1, 0.15) is 11.3 Å². The van der Waals surface area contributed by atoms with E-state index < -0.39 is 58.4 Å². The average molecular weight is 451 g/mol. The van der Waals surface area contributed by atoms with Crippen LogP contribution in [0.5, 0.6) is 0 Å². The van der Waals surface area contributed by atoms with Crippen molar-refractivity contribution in [2.24, 2.45) is 34.5 Å². The summed E-state index contributed by atoms with van der Waals surface area (Å²) in [6.45, 7) is 8.04. The molecule has 0 heterocycles. The molecule has 0 radical (unpaired) electrons. The van der Waals surface area contributed by atoms with Crippen LogP contribution >= 0.6 is 0 Å². The maximum absolute atomic E-state index is 17.2. The summed E-state index contributed by atoms with van der Waals surface area (Å²) in [5.74, 6) is -2.59. The van der Waals surface area contributed by atoms with Crippen molar-refractivity contribution in [1.82, 2.24) is 0 Å². The summed E-state index contributed by atoms with van der Waals surface area (Å²) in [5.41, 5.74) is -5.00. The first-order chi connectivity index (χ1) is 14.7. The Labute approximate surface area is 188 Å². The molecule has 6 nitrogen and oxygen atoms in total. The van der Waals surface area contributed by atoms with E-state index in [0.29, 0.717) is 19.3 Å². The quantitative estimate of drug-likeness (QED) is 0.641. The lowest BCUT2D eigenvalue weighted by Crippen LogP contribution is -2.70. The highest BCUT2D eigenvalue weighted by molar-refractivity contribution is 5.92. The van der Waals surface area contributed by atoms with Crippen LogP contribution in [0.2, 0.25) is 0 Å². The monoisotopic (exact) mass is 450 g/mol. The van der Waals surface area contributed by atoms with Gasteiger partial charge in [0.15, 0.2) is 12.4 Å². The fraction of sp³-hybridized carbons (Fsp3) is 0.800. The van der Waals surface area contributed by atoms with E-state index in [0.717, 1.165) is 5.57 Å². The molecule has 0 amide bonds. The van der Waals surface area contributed by atoms with Crippen molar-refractivity contribution >= 4 is 17.5 Å². The van der Waals surface area contributed by atoms with Gasteiger partial charge in [-0.15, -0.1) is 0 Å². The molecule has 4 aliphatic carbocycles. The van der Waals surface area contributed by atoms with Gasteiger partial charge in [0, 0.05) is 30.1 Å². The van der Waals surface area contributed by atoms with Crippen molar-refractivity contribution in [3.8, 4) is 0 Å². The molecule has 0 spiro atoms. The van der Waals surface area contributed by atoms with Gasteiger partial charge >= 0.3 is 5.97 Å². The smallest absolute Gasteiger partial charge is 0.303 e. The summed E-state index contributed by atoms with van der Waals surface area (Å²) < 4.78 is 22.1. The van der Waals surface area contributed by atoms with Crippen LogP contribution in [-0.4, -0.2) is 51.7 Å². The number of fused-ring (bicyclic) bond motifs is 5. The molecule has 4 aliphatic rings. The maximum atomic E-state index is 17.2. The Hall–Kier alpha value is -1.60. The summed E-state index contributed by atoms with van der Waals surface area (Å²) >= 11 is 0. The zero-order valence-corrected chi connectivity index (χ0v) is 19.6. The molecular formula is C25H35FO6. The molecule has 0 saturated heterocycles. The zero-order valence-electron chi connectivity index (χ0n) is 19.6. The number of carbonyl (C=O) groups excluding carboxylic acids is 3. The van der Waals surface area contributed by atoms with Gasteiger partial charge in [-0.1, -0.05) is 33.3 Å². The van der Waals surface area contributed by atoms with Crippen LogP contribution in [0.25, 0.3) is 0 Å². The second-order valence-corrected chi connectivity index (χ2v) is 11.3. The highest BCUT2D eigenvalue weighted by Crippen LogP contribution is 2.71. The largest absolute Gasteiger partial charge is 0.458 e. The third kappa shape index (κ3) is 2.73. The summed E-state index contributed by atoms with van der Waals surface area (Å²) in [4.78, 5) is 36.5. The van der Waals surface area contributed by atoms with Crippen molar-refractivity contribution < 1.29 is 33.7 Å². The lowest BCUT2D eigenvalue weighted by molar-refractivity contribution is -0.232. The summed E-state index contributed by atoms with van der Waals surface area (Å²) in [5, 5.41) is 23.1. The Morgan fingerprint density at radius 2 is 1.88 bits per heavy atom. The van der Waals surface area contributed by atoms with Gasteiger partial charge in [-0.05, 0) is 49.5 Å². The number of halogens is 1. The van der Waals surface area contributed by atoms with E-state index in [2.05, 4.69) is 0 Å². The molecule has 178 valence electrons. The Morgan fingerprint density at radius 3 is 2.50 bits per heavy atom. The molecule has 4 rings (SSSR count). The third-order valence-electron chi connectivity index (χ3n) is 9.78. The first-order valence-electron chi connectivity index (χ1n) is 11.7. The van der Waals surface area contributed by atoms with Crippen molar-refractivity contribution in [2.75, 3.05) is 6.61 Å². The molecule has 0 aromatic rings. The van der Waals surface area contributed by atoms with Crippen molar-refractivity contribution in [3.05, 3.63) is 11.6 Å². The first-order valence-corrected chi connectivity index (χ1v) is 11.7. The summed E-state index contributed by atoms with van der Waals surface area (Å²) in [6.07, 6.45) is 1.62. The molecule has 0 aromatic heterocycles. The number of hydrogen-bond acceptors (Lipinski definition) is 6. The topological polar surface area (TPSA) is 101 Å². The molecule has 9 atom stereocenters. The summed E-state index contributed by atoms with van der Waals surface area (Å²) in [6, 6.07) is 0. The Kier molecular flexibility index (Phi) is 5.30. The van der Waals surface area contributed by atoms with Gasteiger partial charge in [0.05, 0.1) is 6.10 Å². The van der Waals surface area contributed by atoms with Crippen LogP contribution in [0.4, 0.5) is 4.39 Å². The normalized spacial score (nSPS) is 50.1. The van der Waals surface area contributed by atoms with Gasteiger partial charge in [-0.25, -0.2) is 4.39 Å². The standard InChI is InChI=1S/C25H35FO6/c1-13-8-19-18-9-14(2)25(31,21(30)12-32-15(3)27)23(18,5)11-20(29)24(19,26)22(4)7-6-16(28)10-17(13)22/h10,13-14,18-20,29,31H,6-9,11-12H2,1-5H3/t13-,14+,18-,19-,20-,22-,23-,24-,25-/m0/s1. The van der Waals surface area contributed by atoms with Crippen LogP contribution in [0, 0.1) is 34.5 Å². The molecule has 3 fully saturated rings. The molecular weight excluding hydrogens is 415 g/mol. The fourth-order valence-corrected chi connectivity index (χ4v) is 8.17. The third-order valence-corrected chi connectivity index (χ3v) is 9.78. The van der Waals surface area contributed by atoms with E-state index >= 15 is 4.39 Å². The first kappa shape index (κ1) is 23.6. The zero-order chi connectivity index (χ0) is 23.9. The second kappa shape index (κ2) is 7.20. The van der Waals surface area contributed by atoms with Gasteiger partial charge in [0.25, 0.3) is 0 Å². The SMILES string of the molecule is CC(=O)OCC(=O)[C@@]1(O)[C@H](C)C[C@H]2[C@@H]3C[C@H](C)C4=CC(=O)CC[C@]4(C)[C@@]3(F)[C@@H](O)C[C@@]21C. The average Bonchev–Trinajstić information content (AvgIpc) is 2.91. The highest BCUT2D eigenvalue weighted by Gasteiger charge is 2.76. The minimum absolute atomic E-state index is 0.00134. The Morgan fingerprint density at radius 1 is 1.22 bits per heavy atom. The number of rotatable bonds is 3. The lowest BCUT2D eigenvalue weighted by Gasteiger charge is -2.64. The number of allylic oxidation sites excluding steroid dienone is 1. The van der Waals surface area contributed by atoms with E-state index in [9.17, 15) is 24.6 Å². The minimum atomic E-state index is -1.94. The van der Waals surface area contributed by atoms with Gasteiger partial charge < -0.3 is 14.9 Å². The van der Waals surface area contributed by atoms with E-state index in [1.165, 1.54) is 6.92 Å². The van der Waals surface area contributed by atoms with E-state index in [4.69, 9.17) is 4.74 Å². The maximum Gasteiger partial charge on any atom is 0.303 e. The van der Waals surface area contributed by atoms with Crippen LogP contribution in [0.3, 0.4) is 0 Å².